The highest BCUT2D eigenvalue weighted by molar-refractivity contribution is 7.80. The Kier molecular flexibility index (Phi) is 16.3. The molecule has 0 unspecified atom stereocenters. The van der Waals surface area contributed by atoms with Crippen molar-refractivity contribution in [1.29, 1.82) is 0 Å². The largest absolute Gasteiger partial charge is 0.449 e. The van der Waals surface area contributed by atoms with Crippen molar-refractivity contribution in [3.05, 3.63) is 58.6 Å². The highest BCUT2D eigenvalue weighted by atomic mass is 35.5. The Balaban J connectivity index is -0.000000324. The van der Waals surface area contributed by atoms with Crippen molar-refractivity contribution in [2.24, 2.45) is 0 Å². The number of nitrogens with zero attached hydrogens (tertiary/aromatic N) is 1. The molecule has 0 N–H and O–H groups in total. The van der Waals surface area contributed by atoms with Gasteiger partial charge >= 0.3 is 5.69 Å². The van der Waals surface area contributed by atoms with Crippen LogP contribution in [0.3, 0.4) is 0 Å². The average Bonchev–Trinajstić information content (AvgIpc) is 2.32. The predicted molar refractivity (Wildman–Crippen MR) is 84.1 cm³/mol. The molecule has 0 bridgehead atoms. The van der Waals surface area contributed by atoms with Crippen LogP contribution in [0.15, 0.2) is 53.4 Å². The first-order valence-electron chi connectivity index (χ1n) is 4.88. The molecule has 0 aliphatic rings. The summed E-state index contributed by atoms with van der Waals surface area (Å²) in [4.78, 5) is 11.0. The SMILES string of the molecule is Cl.F.F.F.F.O=[N+]([O-])c1ccccc1Oc1ccccc1S. The Hall–Kier alpha value is -2.00. The maximum Gasteiger partial charge on any atom is 0.311 e. The molecule has 126 valence electrons. The number of hydrogen-bond acceptors (Lipinski definition) is 4. The first-order chi connectivity index (χ1) is 8.18. The number of ether oxygens (including phenoxy) is 1. The van der Waals surface area contributed by atoms with Crippen LogP contribution >= 0.6 is 25.0 Å². The van der Waals surface area contributed by atoms with E-state index in [1.165, 1.54) is 6.07 Å². The van der Waals surface area contributed by atoms with Crippen molar-refractivity contribution in [2.75, 3.05) is 0 Å². The number of halogens is 5. The standard InChI is InChI=1S/C12H9NO3S.ClH.4FH/c14-13(15)9-5-1-2-6-10(9)16-11-7-3-4-8-12(11)17;;;;;/h1-8,17H;5*1H. The molecule has 2 aromatic rings. The summed E-state index contributed by atoms with van der Waals surface area (Å²) < 4.78 is 5.48. The maximum absolute atomic E-state index is 10.8. The highest BCUT2D eigenvalue weighted by Gasteiger charge is 2.14. The number of rotatable bonds is 3. The molecule has 0 amide bonds. The summed E-state index contributed by atoms with van der Waals surface area (Å²) in [6, 6.07) is 13.3. The first-order valence-corrected chi connectivity index (χ1v) is 5.32. The zero-order valence-electron chi connectivity index (χ0n) is 10.8. The van der Waals surface area contributed by atoms with Gasteiger partial charge in [-0.2, -0.15) is 0 Å². The van der Waals surface area contributed by atoms with Gasteiger partial charge in [-0.3, -0.25) is 28.9 Å². The first kappa shape index (κ1) is 28.2. The van der Waals surface area contributed by atoms with Crippen LogP contribution in [0, 0.1) is 10.1 Å². The van der Waals surface area contributed by atoms with Gasteiger partial charge in [-0.25, -0.2) is 0 Å². The molecular weight excluding hydrogens is 350 g/mol. The molecule has 0 aromatic heterocycles. The molecule has 2 aromatic carbocycles. The molecule has 0 fully saturated rings. The smallest absolute Gasteiger partial charge is 0.311 e. The van der Waals surface area contributed by atoms with Crippen LogP contribution in [0.2, 0.25) is 0 Å². The number of para-hydroxylation sites is 3. The molecule has 0 aliphatic heterocycles. The van der Waals surface area contributed by atoms with Crippen molar-refractivity contribution < 1.29 is 28.5 Å². The molecule has 0 spiro atoms. The molecule has 0 atom stereocenters. The van der Waals surface area contributed by atoms with Crippen LogP contribution in [0.5, 0.6) is 11.5 Å². The number of hydrogen-bond donors (Lipinski definition) is 1. The summed E-state index contributed by atoms with van der Waals surface area (Å²) in [6.07, 6.45) is 0. The Morgan fingerprint density at radius 3 is 1.82 bits per heavy atom. The van der Waals surface area contributed by atoms with E-state index >= 15 is 0 Å². The van der Waals surface area contributed by atoms with Gasteiger partial charge < -0.3 is 4.74 Å². The Morgan fingerprint density at radius 2 is 1.32 bits per heavy atom. The minimum absolute atomic E-state index is 0. The van der Waals surface area contributed by atoms with E-state index in [0.717, 1.165) is 0 Å². The van der Waals surface area contributed by atoms with Gasteiger partial charge in [0.25, 0.3) is 0 Å². The second kappa shape index (κ2) is 12.7. The van der Waals surface area contributed by atoms with Gasteiger partial charge in [0, 0.05) is 11.0 Å². The fraction of sp³-hybridized carbons (Fsp3) is 0. The average molecular weight is 364 g/mol. The second-order valence-corrected chi connectivity index (χ2v) is 3.78. The Labute approximate surface area is 134 Å². The summed E-state index contributed by atoms with van der Waals surface area (Å²) >= 11 is 4.22. The summed E-state index contributed by atoms with van der Waals surface area (Å²) in [6.45, 7) is 0. The monoisotopic (exact) mass is 363 g/mol. The normalized spacial score (nSPS) is 7.68. The lowest BCUT2D eigenvalue weighted by atomic mass is 10.3. The van der Waals surface area contributed by atoms with Crippen molar-refractivity contribution in [1.82, 2.24) is 0 Å². The third-order valence-corrected chi connectivity index (χ3v) is 2.52. The fourth-order valence-corrected chi connectivity index (χ4v) is 1.56. The highest BCUT2D eigenvalue weighted by Crippen LogP contribution is 2.33. The topological polar surface area (TPSA) is 52.4 Å². The van der Waals surface area contributed by atoms with Crippen molar-refractivity contribution in [2.45, 2.75) is 4.90 Å². The molecule has 10 heteroatoms. The van der Waals surface area contributed by atoms with Gasteiger partial charge in [0.1, 0.15) is 5.75 Å². The van der Waals surface area contributed by atoms with Gasteiger partial charge in [-0.15, -0.1) is 25.0 Å². The lowest BCUT2D eigenvalue weighted by Crippen LogP contribution is -1.93. The fourth-order valence-electron chi connectivity index (χ4n) is 1.36. The van der Waals surface area contributed by atoms with Gasteiger partial charge in [-0.1, -0.05) is 24.3 Å². The third-order valence-electron chi connectivity index (χ3n) is 2.15. The molecule has 4 nitrogen and oxygen atoms in total. The minimum atomic E-state index is -0.476. The van der Waals surface area contributed by atoms with Crippen LogP contribution in [-0.4, -0.2) is 4.92 Å². The second-order valence-electron chi connectivity index (χ2n) is 3.29. The molecule has 2 rings (SSSR count). The van der Waals surface area contributed by atoms with Gasteiger partial charge in [-0.05, 0) is 18.2 Å². The number of benzene rings is 2. The molecule has 0 aliphatic carbocycles. The van der Waals surface area contributed by atoms with Gasteiger partial charge in [0.2, 0.25) is 5.75 Å². The summed E-state index contributed by atoms with van der Waals surface area (Å²) in [5, 5.41) is 10.8. The van der Waals surface area contributed by atoms with E-state index in [0.29, 0.717) is 10.6 Å². The zero-order valence-corrected chi connectivity index (χ0v) is 12.5. The van der Waals surface area contributed by atoms with E-state index in [-0.39, 0.29) is 42.7 Å². The number of nitro benzene ring substituents is 1. The van der Waals surface area contributed by atoms with Gasteiger partial charge in [0.05, 0.1) is 4.92 Å². The minimum Gasteiger partial charge on any atom is -0.449 e. The van der Waals surface area contributed by atoms with Crippen molar-refractivity contribution >= 4 is 30.7 Å². The van der Waals surface area contributed by atoms with Crippen LogP contribution in [0.4, 0.5) is 24.5 Å². The molecule has 22 heavy (non-hydrogen) atoms. The molecule has 0 heterocycles. The number of nitro groups is 1. The van der Waals surface area contributed by atoms with E-state index in [4.69, 9.17) is 4.74 Å². The lowest BCUT2D eigenvalue weighted by molar-refractivity contribution is -0.385. The Bertz CT molecular complexity index is 578. The van der Waals surface area contributed by atoms with Crippen molar-refractivity contribution in [3.63, 3.8) is 0 Å². The quantitative estimate of drug-likeness (QED) is 0.372. The number of thiol groups is 1. The van der Waals surface area contributed by atoms with Crippen molar-refractivity contribution in [3.8, 4) is 11.5 Å². The predicted octanol–water partition coefficient (Wildman–Crippen LogP) is 4.71. The lowest BCUT2D eigenvalue weighted by Gasteiger charge is -2.07. The summed E-state index contributed by atoms with van der Waals surface area (Å²) in [5.74, 6) is 0.698. The van der Waals surface area contributed by atoms with Crippen LogP contribution in [0.25, 0.3) is 0 Å². The summed E-state index contributed by atoms with van der Waals surface area (Å²) in [5.41, 5.74) is -0.0657. The van der Waals surface area contributed by atoms with E-state index in [2.05, 4.69) is 12.6 Å². The molecule has 0 saturated heterocycles. The van der Waals surface area contributed by atoms with Gasteiger partial charge in [0.15, 0.2) is 0 Å². The van der Waals surface area contributed by atoms with E-state index < -0.39 is 4.92 Å². The maximum atomic E-state index is 10.8. The van der Waals surface area contributed by atoms with Crippen LogP contribution in [-0.2, 0) is 0 Å². The Morgan fingerprint density at radius 1 is 0.864 bits per heavy atom. The van der Waals surface area contributed by atoms with Crippen LogP contribution < -0.4 is 4.74 Å². The third kappa shape index (κ3) is 6.64. The zero-order chi connectivity index (χ0) is 12.3. The molecule has 0 saturated carbocycles. The van der Waals surface area contributed by atoms with E-state index in [1.54, 1.807) is 36.4 Å². The summed E-state index contributed by atoms with van der Waals surface area (Å²) in [7, 11) is 0. The van der Waals surface area contributed by atoms with E-state index in [1.807, 2.05) is 6.07 Å². The van der Waals surface area contributed by atoms with E-state index in [9.17, 15) is 10.1 Å². The molecular formula is C12H14ClF4NO3S. The van der Waals surface area contributed by atoms with Crippen LogP contribution in [0.1, 0.15) is 0 Å². The molecule has 0 radical (unpaired) electrons.